The molecule has 120 valence electrons. The third-order valence-corrected chi connectivity index (χ3v) is 5.14. The molecule has 0 aromatic heterocycles. The maximum Gasteiger partial charge on any atom is 0.244 e. The van der Waals surface area contributed by atoms with Gasteiger partial charge < -0.3 is 5.32 Å². The van der Waals surface area contributed by atoms with Crippen LogP contribution in [0.15, 0.2) is 36.4 Å². The molecule has 1 aliphatic rings. The quantitative estimate of drug-likeness (QED) is 0.835. The molecule has 5 nitrogen and oxygen atoms in total. The first-order chi connectivity index (χ1) is 10.4. The monoisotopic (exact) mass is 322 g/mol. The zero-order valence-electron chi connectivity index (χ0n) is 12.7. The Balaban J connectivity index is 1.73. The van der Waals surface area contributed by atoms with Crippen molar-refractivity contribution in [1.29, 1.82) is 0 Å². The molecule has 0 bridgehead atoms. The molecule has 6 heteroatoms. The van der Waals surface area contributed by atoms with Gasteiger partial charge in [0.25, 0.3) is 0 Å². The summed E-state index contributed by atoms with van der Waals surface area (Å²) in [7, 11) is -3.09. The Kier molecular flexibility index (Phi) is 5.74. The van der Waals surface area contributed by atoms with E-state index >= 15 is 0 Å². The van der Waals surface area contributed by atoms with Gasteiger partial charge in [-0.05, 0) is 30.4 Å². The van der Waals surface area contributed by atoms with Crippen LogP contribution in [0.2, 0.25) is 0 Å². The third-order valence-electron chi connectivity index (χ3n) is 3.83. The van der Waals surface area contributed by atoms with E-state index in [9.17, 15) is 13.2 Å². The minimum absolute atomic E-state index is 0.116. The molecule has 1 aliphatic heterocycles. The molecular weight excluding hydrogens is 300 g/mol. The second-order valence-electron chi connectivity index (χ2n) is 5.59. The Morgan fingerprint density at radius 1 is 1.27 bits per heavy atom. The first-order valence-corrected chi connectivity index (χ1v) is 9.26. The second-order valence-corrected chi connectivity index (χ2v) is 7.58. The third kappa shape index (κ3) is 5.27. The van der Waals surface area contributed by atoms with Crippen molar-refractivity contribution in [2.45, 2.75) is 12.8 Å². The Morgan fingerprint density at radius 2 is 1.91 bits per heavy atom. The predicted octanol–water partition coefficient (Wildman–Crippen LogP) is 1.49. The summed E-state index contributed by atoms with van der Waals surface area (Å²) < 4.78 is 24.4. The summed E-state index contributed by atoms with van der Waals surface area (Å²) in [5.41, 5.74) is 0.985. The molecule has 1 fully saturated rings. The fourth-order valence-electron chi connectivity index (χ4n) is 2.48. The van der Waals surface area contributed by atoms with Crippen molar-refractivity contribution in [3.05, 3.63) is 42.0 Å². The zero-order valence-corrected chi connectivity index (χ0v) is 13.6. The van der Waals surface area contributed by atoms with Gasteiger partial charge in [0.2, 0.25) is 15.9 Å². The first kappa shape index (κ1) is 16.7. The van der Waals surface area contributed by atoms with Crippen molar-refractivity contribution < 1.29 is 13.2 Å². The molecule has 22 heavy (non-hydrogen) atoms. The minimum Gasteiger partial charge on any atom is -0.352 e. The van der Waals surface area contributed by atoms with E-state index in [0.717, 1.165) is 18.4 Å². The topological polar surface area (TPSA) is 66.5 Å². The van der Waals surface area contributed by atoms with Crippen molar-refractivity contribution >= 4 is 22.0 Å². The fourth-order valence-corrected chi connectivity index (χ4v) is 3.36. The Hall–Kier alpha value is -1.66. The van der Waals surface area contributed by atoms with Crippen LogP contribution in [0.5, 0.6) is 0 Å². The molecule has 1 N–H and O–H groups in total. The molecule has 1 saturated heterocycles. The SMILES string of the molecule is CS(=O)(=O)N1CCC(CNC(=O)/C=C/c2ccccc2)CC1. The summed E-state index contributed by atoms with van der Waals surface area (Å²) in [4.78, 5) is 11.8. The van der Waals surface area contributed by atoms with Gasteiger partial charge in [0.1, 0.15) is 0 Å². The Labute approximate surface area is 132 Å². The summed E-state index contributed by atoms with van der Waals surface area (Å²) in [5.74, 6) is 0.224. The van der Waals surface area contributed by atoms with Crippen LogP contribution in [-0.2, 0) is 14.8 Å². The Bertz CT molecular complexity index is 618. The lowest BCUT2D eigenvalue weighted by atomic mass is 9.98. The molecular formula is C16H22N2O3S. The van der Waals surface area contributed by atoms with Crippen LogP contribution in [0.3, 0.4) is 0 Å². The molecule has 0 atom stereocenters. The van der Waals surface area contributed by atoms with E-state index in [2.05, 4.69) is 5.32 Å². The van der Waals surface area contributed by atoms with Crippen LogP contribution in [-0.4, -0.2) is 44.5 Å². The van der Waals surface area contributed by atoms with Crippen LogP contribution in [0.25, 0.3) is 6.08 Å². The summed E-state index contributed by atoms with van der Waals surface area (Å²) in [6.45, 7) is 1.67. The zero-order chi connectivity index (χ0) is 16.0. The molecule has 1 aromatic carbocycles. The fraction of sp³-hybridized carbons (Fsp3) is 0.438. The summed E-state index contributed by atoms with van der Waals surface area (Å²) in [6.07, 6.45) is 6.12. The highest BCUT2D eigenvalue weighted by molar-refractivity contribution is 7.88. The minimum atomic E-state index is -3.09. The van der Waals surface area contributed by atoms with Crippen molar-refractivity contribution in [1.82, 2.24) is 9.62 Å². The van der Waals surface area contributed by atoms with Crippen LogP contribution in [0.1, 0.15) is 18.4 Å². The molecule has 0 saturated carbocycles. The highest BCUT2D eigenvalue weighted by Crippen LogP contribution is 2.18. The normalized spacial score (nSPS) is 17.7. The first-order valence-electron chi connectivity index (χ1n) is 7.41. The van der Waals surface area contributed by atoms with Crippen LogP contribution in [0.4, 0.5) is 0 Å². The molecule has 0 unspecified atom stereocenters. The van der Waals surface area contributed by atoms with Gasteiger partial charge in [-0.25, -0.2) is 12.7 Å². The van der Waals surface area contributed by atoms with E-state index in [4.69, 9.17) is 0 Å². The van der Waals surface area contributed by atoms with Gasteiger partial charge in [-0.3, -0.25) is 4.79 Å². The molecule has 2 rings (SSSR count). The maximum atomic E-state index is 11.8. The summed E-state index contributed by atoms with van der Waals surface area (Å²) in [6, 6.07) is 9.65. The lowest BCUT2D eigenvalue weighted by molar-refractivity contribution is -0.116. The average Bonchev–Trinajstić information content (AvgIpc) is 2.51. The summed E-state index contributed by atoms with van der Waals surface area (Å²) >= 11 is 0. The van der Waals surface area contributed by atoms with Gasteiger partial charge in [0.15, 0.2) is 0 Å². The lowest BCUT2D eigenvalue weighted by Gasteiger charge is -2.30. The van der Waals surface area contributed by atoms with Crippen LogP contribution >= 0.6 is 0 Å². The van der Waals surface area contributed by atoms with E-state index in [-0.39, 0.29) is 5.91 Å². The number of carbonyl (C=O) groups excluding carboxylic acids is 1. The van der Waals surface area contributed by atoms with E-state index in [1.807, 2.05) is 30.3 Å². The number of benzene rings is 1. The van der Waals surface area contributed by atoms with Gasteiger partial charge in [-0.15, -0.1) is 0 Å². The number of nitrogens with zero attached hydrogens (tertiary/aromatic N) is 1. The van der Waals surface area contributed by atoms with Crippen molar-refractivity contribution in [3.63, 3.8) is 0 Å². The van der Waals surface area contributed by atoms with E-state index in [1.165, 1.54) is 16.6 Å². The van der Waals surface area contributed by atoms with Crippen molar-refractivity contribution in [3.8, 4) is 0 Å². The standard InChI is InChI=1S/C16H22N2O3S/c1-22(20,21)18-11-9-15(10-12-18)13-17-16(19)8-7-14-5-3-2-4-6-14/h2-8,15H,9-13H2,1H3,(H,17,19)/b8-7+. The van der Waals surface area contributed by atoms with E-state index in [1.54, 1.807) is 6.08 Å². The maximum absolute atomic E-state index is 11.8. The van der Waals surface area contributed by atoms with Crippen molar-refractivity contribution in [2.75, 3.05) is 25.9 Å². The van der Waals surface area contributed by atoms with E-state index in [0.29, 0.717) is 25.6 Å². The van der Waals surface area contributed by atoms with Crippen LogP contribution < -0.4 is 5.32 Å². The number of rotatable bonds is 5. The number of nitrogens with one attached hydrogen (secondary N) is 1. The largest absolute Gasteiger partial charge is 0.352 e. The number of hydrogen-bond acceptors (Lipinski definition) is 3. The number of piperidine rings is 1. The number of amides is 1. The number of carbonyl (C=O) groups is 1. The van der Waals surface area contributed by atoms with Gasteiger partial charge >= 0.3 is 0 Å². The average molecular weight is 322 g/mol. The van der Waals surface area contributed by atoms with Gasteiger partial charge in [-0.2, -0.15) is 0 Å². The highest BCUT2D eigenvalue weighted by Gasteiger charge is 2.24. The molecule has 1 aromatic rings. The second kappa shape index (κ2) is 7.56. The van der Waals surface area contributed by atoms with Crippen LogP contribution in [0, 0.1) is 5.92 Å². The molecule has 1 amide bonds. The molecule has 0 spiro atoms. The predicted molar refractivity (Wildman–Crippen MR) is 87.6 cm³/mol. The van der Waals surface area contributed by atoms with Crippen molar-refractivity contribution in [2.24, 2.45) is 5.92 Å². The number of sulfonamides is 1. The Morgan fingerprint density at radius 3 is 2.50 bits per heavy atom. The smallest absolute Gasteiger partial charge is 0.244 e. The van der Waals surface area contributed by atoms with Gasteiger partial charge in [0.05, 0.1) is 6.26 Å². The molecule has 0 radical (unpaired) electrons. The molecule has 0 aliphatic carbocycles. The molecule has 1 heterocycles. The van der Waals surface area contributed by atoms with Gasteiger partial charge in [-0.1, -0.05) is 30.3 Å². The number of hydrogen-bond donors (Lipinski definition) is 1. The summed E-state index contributed by atoms with van der Waals surface area (Å²) in [5, 5.41) is 2.88. The van der Waals surface area contributed by atoms with Gasteiger partial charge in [0, 0.05) is 25.7 Å². The lowest BCUT2D eigenvalue weighted by Crippen LogP contribution is -2.40. The highest BCUT2D eigenvalue weighted by atomic mass is 32.2. The van der Waals surface area contributed by atoms with E-state index < -0.39 is 10.0 Å².